The SMILES string of the molecule is O=C1CCN(Cc2ccc3nsnc3c2)CCN1Cc1cccc(F)c1. The number of carbonyl (C=O) groups excluding carboxylic acids is 1. The number of rotatable bonds is 4. The van der Waals surface area contributed by atoms with Crippen molar-refractivity contribution in [3.05, 3.63) is 59.4 Å². The van der Waals surface area contributed by atoms with Crippen molar-refractivity contribution in [2.75, 3.05) is 19.6 Å². The number of hydrogen-bond donors (Lipinski definition) is 0. The third kappa shape index (κ3) is 3.89. The van der Waals surface area contributed by atoms with Crippen molar-refractivity contribution in [1.29, 1.82) is 0 Å². The number of aromatic nitrogens is 2. The molecule has 5 nitrogen and oxygen atoms in total. The molecular weight excluding hydrogens is 351 g/mol. The van der Waals surface area contributed by atoms with E-state index in [4.69, 9.17) is 0 Å². The third-order valence-corrected chi connectivity index (χ3v) is 5.22. The molecule has 0 unspecified atom stereocenters. The molecule has 2 aromatic carbocycles. The van der Waals surface area contributed by atoms with Gasteiger partial charge in [-0.3, -0.25) is 9.69 Å². The first-order valence-electron chi connectivity index (χ1n) is 8.63. The lowest BCUT2D eigenvalue weighted by Gasteiger charge is -2.22. The number of fused-ring (bicyclic) bond motifs is 1. The van der Waals surface area contributed by atoms with E-state index in [1.54, 1.807) is 6.07 Å². The monoisotopic (exact) mass is 370 g/mol. The van der Waals surface area contributed by atoms with Gasteiger partial charge in [-0.2, -0.15) is 8.75 Å². The van der Waals surface area contributed by atoms with Crippen molar-refractivity contribution in [3.63, 3.8) is 0 Å². The van der Waals surface area contributed by atoms with E-state index < -0.39 is 0 Å². The molecule has 0 radical (unpaired) electrons. The highest BCUT2D eigenvalue weighted by Crippen LogP contribution is 2.17. The van der Waals surface area contributed by atoms with Crippen LogP contribution >= 0.6 is 11.7 Å². The van der Waals surface area contributed by atoms with Gasteiger partial charge in [0.1, 0.15) is 16.9 Å². The van der Waals surface area contributed by atoms with Crippen LogP contribution < -0.4 is 0 Å². The minimum atomic E-state index is -0.265. The molecule has 3 aromatic rings. The van der Waals surface area contributed by atoms with Gasteiger partial charge in [0.25, 0.3) is 0 Å². The number of hydrogen-bond acceptors (Lipinski definition) is 5. The van der Waals surface area contributed by atoms with E-state index in [-0.39, 0.29) is 11.7 Å². The zero-order valence-corrected chi connectivity index (χ0v) is 15.1. The predicted molar refractivity (Wildman–Crippen MR) is 99.1 cm³/mol. The molecule has 1 saturated heterocycles. The summed E-state index contributed by atoms with van der Waals surface area (Å²) in [6, 6.07) is 12.6. The van der Waals surface area contributed by atoms with E-state index in [0.29, 0.717) is 19.5 Å². The van der Waals surface area contributed by atoms with Gasteiger partial charge in [-0.1, -0.05) is 18.2 Å². The van der Waals surface area contributed by atoms with Gasteiger partial charge in [-0.15, -0.1) is 0 Å². The average Bonchev–Trinajstić information content (AvgIpc) is 3.03. The molecule has 0 spiro atoms. The van der Waals surface area contributed by atoms with Crippen LogP contribution in [0.4, 0.5) is 4.39 Å². The van der Waals surface area contributed by atoms with Crippen molar-refractivity contribution in [3.8, 4) is 0 Å². The molecule has 1 amide bonds. The van der Waals surface area contributed by atoms with E-state index in [1.807, 2.05) is 17.0 Å². The molecule has 0 aliphatic carbocycles. The summed E-state index contributed by atoms with van der Waals surface area (Å²) < 4.78 is 21.9. The van der Waals surface area contributed by atoms with Crippen molar-refractivity contribution in [2.45, 2.75) is 19.5 Å². The molecule has 4 rings (SSSR count). The van der Waals surface area contributed by atoms with Crippen molar-refractivity contribution in [1.82, 2.24) is 18.5 Å². The van der Waals surface area contributed by atoms with E-state index >= 15 is 0 Å². The van der Waals surface area contributed by atoms with Crippen molar-refractivity contribution < 1.29 is 9.18 Å². The van der Waals surface area contributed by atoms with Crippen LogP contribution in [0, 0.1) is 5.82 Å². The van der Waals surface area contributed by atoms with Gasteiger partial charge in [0.2, 0.25) is 5.91 Å². The summed E-state index contributed by atoms with van der Waals surface area (Å²) in [5.41, 5.74) is 3.85. The fraction of sp³-hybridized carbons (Fsp3) is 0.316. The summed E-state index contributed by atoms with van der Waals surface area (Å²) in [6.07, 6.45) is 0.482. The first-order chi connectivity index (χ1) is 12.7. The van der Waals surface area contributed by atoms with Crippen LogP contribution in [-0.2, 0) is 17.9 Å². The van der Waals surface area contributed by atoms with E-state index in [2.05, 4.69) is 25.8 Å². The number of nitrogens with zero attached hydrogens (tertiary/aromatic N) is 4. The van der Waals surface area contributed by atoms with Crippen LogP contribution in [0.25, 0.3) is 11.0 Å². The van der Waals surface area contributed by atoms with Gasteiger partial charge in [0, 0.05) is 39.1 Å². The molecule has 2 heterocycles. The van der Waals surface area contributed by atoms with Crippen molar-refractivity contribution >= 4 is 28.7 Å². The molecular formula is C19H19FN4OS. The van der Waals surface area contributed by atoms with Gasteiger partial charge in [-0.05, 0) is 35.4 Å². The number of halogens is 1. The highest BCUT2D eigenvalue weighted by Gasteiger charge is 2.21. The van der Waals surface area contributed by atoms with Crippen LogP contribution in [0.2, 0.25) is 0 Å². The Morgan fingerprint density at radius 3 is 2.69 bits per heavy atom. The lowest BCUT2D eigenvalue weighted by molar-refractivity contribution is -0.130. The zero-order valence-electron chi connectivity index (χ0n) is 14.3. The Hall–Kier alpha value is -2.38. The standard InChI is InChI=1S/C19H19FN4OS/c20-16-3-1-2-14(10-16)13-24-9-8-23(7-6-19(24)25)12-15-4-5-17-18(11-15)22-26-21-17/h1-5,10-11H,6-9,12-13H2. The smallest absolute Gasteiger partial charge is 0.224 e. The lowest BCUT2D eigenvalue weighted by atomic mass is 10.2. The molecule has 1 fully saturated rings. The number of benzene rings is 2. The second-order valence-electron chi connectivity index (χ2n) is 6.56. The summed E-state index contributed by atoms with van der Waals surface area (Å²) in [5.74, 6) is -0.144. The molecule has 0 bridgehead atoms. The first kappa shape index (κ1) is 17.1. The zero-order chi connectivity index (χ0) is 17.9. The van der Waals surface area contributed by atoms with Gasteiger partial charge < -0.3 is 4.90 Å². The van der Waals surface area contributed by atoms with Gasteiger partial charge in [0.05, 0.1) is 11.7 Å². The minimum absolute atomic E-state index is 0.121. The topological polar surface area (TPSA) is 49.3 Å². The molecule has 0 saturated carbocycles. The minimum Gasteiger partial charge on any atom is -0.337 e. The molecule has 7 heteroatoms. The molecule has 0 N–H and O–H groups in total. The Kier molecular flexibility index (Phi) is 4.90. The van der Waals surface area contributed by atoms with E-state index in [0.717, 1.165) is 36.2 Å². The molecule has 1 aromatic heterocycles. The molecule has 1 aliphatic rings. The van der Waals surface area contributed by atoms with Crippen molar-refractivity contribution in [2.24, 2.45) is 0 Å². The molecule has 26 heavy (non-hydrogen) atoms. The van der Waals surface area contributed by atoms with Crippen LogP contribution in [-0.4, -0.2) is 44.1 Å². The third-order valence-electron chi connectivity index (χ3n) is 4.67. The number of carbonyl (C=O) groups is 1. The van der Waals surface area contributed by atoms with Crippen LogP contribution in [0.1, 0.15) is 17.5 Å². The Morgan fingerprint density at radius 2 is 1.81 bits per heavy atom. The Labute approximate surface area is 155 Å². The van der Waals surface area contributed by atoms with E-state index in [9.17, 15) is 9.18 Å². The second-order valence-corrected chi connectivity index (χ2v) is 7.09. The van der Waals surface area contributed by atoms with Gasteiger partial charge in [0.15, 0.2) is 0 Å². The quantitative estimate of drug-likeness (QED) is 0.708. The Balaban J connectivity index is 1.40. The van der Waals surface area contributed by atoms with Crippen LogP contribution in [0.15, 0.2) is 42.5 Å². The maximum atomic E-state index is 13.4. The van der Waals surface area contributed by atoms with Gasteiger partial charge in [-0.25, -0.2) is 4.39 Å². The Morgan fingerprint density at radius 1 is 0.962 bits per heavy atom. The summed E-state index contributed by atoms with van der Waals surface area (Å²) >= 11 is 1.22. The van der Waals surface area contributed by atoms with Gasteiger partial charge >= 0.3 is 0 Å². The highest BCUT2D eigenvalue weighted by molar-refractivity contribution is 7.00. The van der Waals surface area contributed by atoms with E-state index in [1.165, 1.54) is 29.4 Å². The highest BCUT2D eigenvalue weighted by atomic mass is 32.1. The lowest BCUT2D eigenvalue weighted by Crippen LogP contribution is -2.32. The second kappa shape index (κ2) is 7.47. The molecule has 0 atom stereocenters. The number of amides is 1. The largest absolute Gasteiger partial charge is 0.337 e. The summed E-state index contributed by atoms with van der Waals surface area (Å²) in [6.45, 7) is 3.42. The fourth-order valence-electron chi connectivity index (χ4n) is 3.28. The normalized spacial score (nSPS) is 16.2. The van der Waals surface area contributed by atoms with Crippen LogP contribution in [0.5, 0.6) is 0 Å². The summed E-state index contributed by atoms with van der Waals surface area (Å²) in [5, 5.41) is 0. The maximum absolute atomic E-state index is 13.4. The molecule has 1 aliphatic heterocycles. The van der Waals surface area contributed by atoms with Crippen LogP contribution in [0.3, 0.4) is 0 Å². The first-order valence-corrected chi connectivity index (χ1v) is 9.36. The predicted octanol–water partition coefficient (Wildman–Crippen LogP) is 3.06. The molecule has 134 valence electrons. The summed E-state index contributed by atoms with van der Waals surface area (Å²) in [7, 11) is 0. The Bertz CT molecular complexity index is 929. The maximum Gasteiger partial charge on any atom is 0.224 e. The average molecular weight is 370 g/mol. The fourth-order valence-corrected chi connectivity index (χ4v) is 3.79. The summed E-state index contributed by atoms with van der Waals surface area (Å²) in [4.78, 5) is 16.5.